The molecule has 0 unspecified atom stereocenters. The second-order valence-electron chi connectivity index (χ2n) is 4.35. The first-order chi connectivity index (χ1) is 9.65. The number of anilines is 1. The van der Waals surface area contributed by atoms with Crippen molar-refractivity contribution in [1.29, 1.82) is 0 Å². The molecule has 0 aliphatic carbocycles. The largest absolute Gasteiger partial charge is 0.274 e. The van der Waals surface area contributed by atoms with E-state index in [1.807, 2.05) is 12.1 Å². The maximum Gasteiger partial charge on any atom is 0.247 e. The molecule has 0 N–H and O–H groups in total. The lowest BCUT2D eigenvalue weighted by Gasteiger charge is -2.14. The second kappa shape index (κ2) is 5.91. The van der Waals surface area contributed by atoms with Gasteiger partial charge in [0, 0.05) is 16.6 Å². The molecular weight excluding hydrogens is 360 g/mol. The van der Waals surface area contributed by atoms with Crippen LogP contribution in [-0.4, -0.2) is 33.7 Å². The summed E-state index contributed by atoms with van der Waals surface area (Å²) in [6.45, 7) is 0.804. The SMILES string of the molecule is O=C1C[C@@H](SC2=NCCS2)C(=O)N1c1ccc(Br)cc1. The van der Waals surface area contributed by atoms with E-state index in [9.17, 15) is 9.59 Å². The van der Waals surface area contributed by atoms with Crippen molar-refractivity contribution >= 4 is 61.3 Å². The molecule has 104 valence electrons. The normalized spacial score (nSPS) is 22.6. The fourth-order valence-electron chi connectivity index (χ4n) is 2.07. The minimum Gasteiger partial charge on any atom is -0.274 e. The van der Waals surface area contributed by atoms with E-state index in [1.54, 1.807) is 23.9 Å². The summed E-state index contributed by atoms with van der Waals surface area (Å²) in [4.78, 5) is 30.1. The Morgan fingerprint density at radius 3 is 2.70 bits per heavy atom. The first kappa shape index (κ1) is 14.2. The Labute approximate surface area is 133 Å². The molecule has 7 heteroatoms. The van der Waals surface area contributed by atoms with Gasteiger partial charge in [-0.15, -0.1) is 0 Å². The van der Waals surface area contributed by atoms with Gasteiger partial charge in [-0.05, 0) is 24.3 Å². The highest BCUT2D eigenvalue weighted by molar-refractivity contribution is 9.10. The highest BCUT2D eigenvalue weighted by Crippen LogP contribution is 2.34. The summed E-state index contributed by atoms with van der Waals surface area (Å²) in [6.07, 6.45) is 0.249. The summed E-state index contributed by atoms with van der Waals surface area (Å²) in [7, 11) is 0. The van der Waals surface area contributed by atoms with Crippen molar-refractivity contribution in [3.05, 3.63) is 28.7 Å². The molecule has 1 aromatic rings. The number of benzene rings is 1. The molecule has 4 nitrogen and oxygen atoms in total. The van der Waals surface area contributed by atoms with Gasteiger partial charge in [0.1, 0.15) is 9.63 Å². The van der Waals surface area contributed by atoms with E-state index in [4.69, 9.17) is 0 Å². The van der Waals surface area contributed by atoms with E-state index in [0.29, 0.717) is 5.69 Å². The van der Waals surface area contributed by atoms with E-state index >= 15 is 0 Å². The minimum absolute atomic E-state index is 0.140. The van der Waals surface area contributed by atoms with Crippen molar-refractivity contribution in [3.8, 4) is 0 Å². The Morgan fingerprint density at radius 2 is 2.05 bits per heavy atom. The van der Waals surface area contributed by atoms with Gasteiger partial charge >= 0.3 is 0 Å². The topological polar surface area (TPSA) is 49.7 Å². The number of hydrogen-bond acceptors (Lipinski definition) is 5. The van der Waals surface area contributed by atoms with Crippen molar-refractivity contribution in [2.24, 2.45) is 4.99 Å². The van der Waals surface area contributed by atoms with Crippen molar-refractivity contribution in [2.75, 3.05) is 17.2 Å². The third-order valence-electron chi connectivity index (χ3n) is 2.99. The van der Waals surface area contributed by atoms with Crippen LogP contribution in [0.1, 0.15) is 6.42 Å². The van der Waals surface area contributed by atoms with Crippen LogP contribution in [0.15, 0.2) is 33.7 Å². The summed E-state index contributed by atoms with van der Waals surface area (Å²) in [5, 5.41) is -0.338. The predicted octanol–water partition coefficient (Wildman–Crippen LogP) is 2.92. The fraction of sp³-hybridized carbons (Fsp3) is 0.308. The van der Waals surface area contributed by atoms with Gasteiger partial charge in [-0.3, -0.25) is 14.6 Å². The molecule has 1 fully saturated rings. The highest BCUT2D eigenvalue weighted by atomic mass is 79.9. The molecule has 0 aromatic heterocycles. The molecule has 20 heavy (non-hydrogen) atoms. The number of thioether (sulfide) groups is 2. The second-order valence-corrected chi connectivity index (χ2v) is 7.80. The Hall–Kier alpha value is -0.790. The predicted molar refractivity (Wildman–Crippen MR) is 87.4 cm³/mol. The van der Waals surface area contributed by atoms with Crippen LogP contribution in [0.5, 0.6) is 0 Å². The van der Waals surface area contributed by atoms with E-state index in [-0.39, 0.29) is 23.5 Å². The number of carbonyl (C=O) groups excluding carboxylic acids is 2. The maximum absolute atomic E-state index is 12.4. The molecule has 2 heterocycles. The Bertz CT molecular complexity index is 589. The fourth-order valence-corrected chi connectivity index (χ4v) is 4.58. The Morgan fingerprint density at radius 1 is 1.30 bits per heavy atom. The molecule has 1 saturated heterocycles. The standard InChI is InChI=1S/C13H11BrN2O2S2/c14-8-1-3-9(4-2-8)16-11(17)7-10(12(16)18)20-13-15-5-6-19-13/h1-4,10H,5-7H2/t10-/m1/s1. The molecule has 2 aliphatic heterocycles. The zero-order valence-corrected chi connectivity index (χ0v) is 13.6. The smallest absolute Gasteiger partial charge is 0.247 e. The summed E-state index contributed by atoms with van der Waals surface area (Å²) < 4.78 is 1.84. The van der Waals surface area contributed by atoms with Crippen molar-refractivity contribution < 1.29 is 9.59 Å². The van der Waals surface area contributed by atoms with Gasteiger partial charge in [-0.1, -0.05) is 39.5 Å². The number of nitrogens with zero attached hydrogens (tertiary/aromatic N) is 2. The zero-order chi connectivity index (χ0) is 14.1. The lowest BCUT2D eigenvalue weighted by molar-refractivity contribution is -0.121. The zero-order valence-electron chi connectivity index (χ0n) is 10.4. The third-order valence-corrected chi connectivity index (χ3v) is 5.91. The number of amides is 2. The van der Waals surface area contributed by atoms with Crippen molar-refractivity contribution in [1.82, 2.24) is 0 Å². The van der Waals surface area contributed by atoms with Gasteiger partial charge in [0.05, 0.1) is 12.2 Å². The molecule has 0 saturated carbocycles. The number of halogens is 1. The number of carbonyl (C=O) groups is 2. The molecule has 0 radical (unpaired) electrons. The third kappa shape index (κ3) is 2.80. The average Bonchev–Trinajstić information content (AvgIpc) is 3.02. The molecule has 1 atom stereocenters. The van der Waals surface area contributed by atoms with E-state index in [1.165, 1.54) is 16.7 Å². The van der Waals surface area contributed by atoms with Crippen molar-refractivity contribution in [2.45, 2.75) is 11.7 Å². The summed E-state index contributed by atoms with van der Waals surface area (Å²) >= 11 is 6.42. The van der Waals surface area contributed by atoms with Gasteiger partial charge in [0.15, 0.2) is 0 Å². The van der Waals surface area contributed by atoms with Crippen LogP contribution in [0.4, 0.5) is 5.69 Å². The highest BCUT2D eigenvalue weighted by Gasteiger charge is 2.40. The molecule has 2 aliphatic rings. The van der Waals surface area contributed by atoms with Crippen LogP contribution < -0.4 is 4.90 Å². The van der Waals surface area contributed by atoms with Gasteiger partial charge < -0.3 is 0 Å². The Kier molecular flexibility index (Phi) is 4.18. The van der Waals surface area contributed by atoms with Crippen LogP contribution in [0.3, 0.4) is 0 Å². The molecule has 0 spiro atoms. The Balaban J connectivity index is 1.77. The molecular formula is C13H11BrN2O2S2. The van der Waals surface area contributed by atoms with E-state index in [2.05, 4.69) is 20.9 Å². The van der Waals surface area contributed by atoms with Gasteiger partial charge in [-0.25, -0.2) is 4.90 Å². The quantitative estimate of drug-likeness (QED) is 0.751. The number of imide groups is 1. The van der Waals surface area contributed by atoms with Gasteiger partial charge in [0.25, 0.3) is 0 Å². The number of aliphatic imine (C=N–C) groups is 1. The van der Waals surface area contributed by atoms with Crippen LogP contribution in [0.2, 0.25) is 0 Å². The maximum atomic E-state index is 12.4. The first-order valence-electron chi connectivity index (χ1n) is 6.11. The minimum atomic E-state index is -0.338. The summed E-state index contributed by atoms with van der Waals surface area (Å²) in [6, 6.07) is 7.20. The number of hydrogen-bond donors (Lipinski definition) is 0. The number of rotatable bonds is 2. The lowest BCUT2D eigenvalue weighted by atomic mass is 10.3. The summed E-state index contributed by atoms with van der Waals surface area (Å²) in [5.74, 6) is 0.684. The molecule has 3 rings (SSSR count). The molecule has 1 aromatic carbocycles. The lowest BCUT2D eigenvalue weighted by Crippen LogP contribution is -2.31. The van der Waals surface area contributed by atoms with Gasteiger partial charge in [-0.2, -0.15) is 0 Å². The van der Waals surface area contributed by atoms with Crippen LogP contribution in [-0.2, 0) is 9.59 Å². The average molecular weight is 371 g/mol. The van der Waals surface area contributed by atoms with Crippen LogP contribution in [0, 0.1) is 0 Å². The molecule has 0 bridgehead atoms. The van der Waals surface area contributed by atoms with Crippen molar-refractivity contribution in [3.63, 3.8) is 0 Å². The van der Waals surface area contributed by atoms with E-state index < -0.39 is 0 Å². The van der Waals surface area contributed by atoms with E-state index in [0.717, 1.165) is 21.1 Å². The van der Waals surface area contributed by atoms with Gasteiger partial charge in [0.2, 0.25) is 11.8 Å². The monoisotopic (exact) mass is 370 g/mol. The molecule has 2 amide bonds. The first-order valence-corrected chi connectivity index (χ1v) is 8.77. The van der Waals surface area contributed by atoms with Crippen LogP contribution in [0.25, 0.3) is 0 Å². The van der Waals surface area contributed by atoms with Crippen LogP contribution >= 0.6 is 39.5 Å². The summed E-state index contributed by atoms with van der Waals surface area (Å²) in [5.41, 5.74) is 0.632.